The lowest BCUT2D eigenvalue weighted by Crippen LogP contribution is -2.40. The molecular formula is C28H32N2O4. The first-order valence-corrected chi connectivity index (χ1v) is 11.8. The van der Waals surface area contributed by atoms with E-state index in [1.807, 2.05) is 48.2 Å². The van der Waals surface area contributed by atoms with Crippen molar-refractivity contribution in [2.45, 2.75) is 46.3 Å². The van der Waals surface area contributed by atoms with Gasteiger partial charge in [0.2, 0.25) is 0 Å². The lowest BCUT2D eigenvalue weighted by atomic mass is 9.87. The Bertz CT molecular complexity index is 1150. The summed E-state index contributed by atoms with van der Waals surface area (Å²) in [6, 6.07) is 17.3. The monoisotopic (exact) mass is 460 g/mol. The van der Waals surface area contributed by atoms with Crippen molar-refractivity contribution in [3.05, 3.63) is 88.9 Å². The van der Waals surface area contributed by atoms with Gasteiger partial charge in [-0.2, -0.15) is 0 Å². The Balaban J connectivity index is 1.67. The number of hydrogen-bond donors (Lipinski definition) is 1. The minimum atomic E-state index is -0.626. The normalized spacial score (nSPS) is 16.1. The Hall–Kier alpha value is -3.54. The molecule has 2 atom stereocenters. The number of nitrogens with zero attached hydrogens (tertiary/aromatic N) is 1. The molecule has 3 aromatic rings. The van der Waals surface area contributed by atoms with Crippen LogP contribution >= 0.6 is 0 Å². The minimum Gasteiger partial charge on any atom is -0.481 e. The molecule has 2 heterocycles. The molecule has 0 aliphatic carbocycles. The molecule has 2 aromatic carbocycles. The molecule has 0 radical (unpaired) electrons. The highest BCUT2D eigenvalue weighted by molar-refractivity contribution is 5.92. The van der Waals surface area contributed by atoms with Gasteiger partial charge < -0.3 is 19.4 Å². The quantitative estimate of drug-likeness (QED) is 0.544. The number of aryl methyl sites for hydroxylation is 1. The lowest BCUT2D eigenvalue weighted by molar-refractivity contribution is -0.127. The van der Waals surface area contributed by atoms with E-state index in [9.17, 15) is 9.59 Å². The van der Waals surface area contributed by atoms with Gasteiger partial charge in [-0.15, -0.1) is 0 Å². The molecule has 0 saturated heterocycles. The summed E-state index contributed by atoms with van der Waals surface area (Å²) < 4.78 is 11.4. The number of nitrogens with one attached hydrogen (secondary N) is 1. The largest absolute Gasteiger partial charge is 0.481 e. The van der Waals surface area contributed by atoms with Crippen LogP contribution in [0.2, 0.25) is 0 Å². The van der Waals surface area contributed by atoms with Gasteiger partial charge >= 0.3 is 0 Å². The predicted octanol–water partition coefficient (Wildman–Crippen LogP) is 4.92. The van der Waals surface area contributed by atoms with Crippen molar-refractivity contribution in [3.63, 3.8) is 0 Å². The Morgan fingerprint density at radius 1 is 1.12 bits per heavy atom. The second kappa shape index (κ2) is 10.2. The Morgan fingerprint density at radius 2 is 1.94 bits per heavy atom. The topological polar surface area (TPSA) is 71.8 Å². The number of fused-ring (bicyclic) bond motifs is 1. The molecule has 4 rings (SSSR count). The van der Waals surface area contributed by atoms with Crippen LogP contribution in [0.1, 0.15) is 59.6 Å². The zero-order chi connectivity index (χ0) is 24.2. The number of furan rings is 1. The smallest absolute Gasteiger partial charge is 0.290 e. The van der Waals surface area contributed by atoms with Gasteiger partial charge in [0.25, 0.3) is 11.8 Å². The van der Waals surface area contributed by atoms with Crippen molar-refractivity contribution in [1.29, 1.82) is 0 Å². The van der Waals surface area contributed by atoms with Crippen molar-refractivity contribution in [2.75, 3.05) is 13.1 Å². The third kappa shape index (κ3) is 5.16. The molecule has 1 N–H and O–H groups in total. The van der Waals surface area contributed by atoms with E-state index in [-0.39, 0.29) is 17.9 Å². The van der Waals surface area contributed by atoms with Crippen molar-refractivity contribution >= 4 is 11.8 Å². The standard InChI is InChI=1S/C28H32N2O4/c1-18(2)17-29-27(31)20(4)34-23-11-10-21-12-13-30(28(32)25-9-6-14-33-25)26(24(21)16-23)22-8-5-7-19(3)15-22/h5-11,14-16,18,20,26H,12-13,17H2,1-4H3,(H,29,31)/t20-,26-/m1/s1. The summed E-state index contributed by atoms with van der Waals surface area (Å²) in [7, 11) is 0. The van der Waals surface area contributed by atoms with Gasteiger partial charge in [-0.05, 0) is 67.1 Å². The third-order valence-corrected chi connectivity index (χ3v) is 6.06. The zero-order valence-electron chi connectivity index (χ0n) is 20.2. The van der Waals surface area contributed by atoms with Crippen molar-refractivity contribution in [1.82, 2.24) is 10.2 Å². The Labute approximate surface area is 200 Å². The summed E-state index contributed by atoms with van der Waals surface area (Å²) in [5, 5.41) is 2.92. The predicted molar refractivity (Wildman–Crippen MR) is 131 cm³/mol. The second-order valence-corrected chi connectivity index (χ2v) is 9.30. The van der Waals surface area contributed by atoms with Crippen LogP contribution in [-0.2, 0) is 11.2 Å². The van der Waals surface area contributed by atoms with Crippen LogP contribution in [-0.4, -0.2) is 35.9 Å². The maximum absolute atomic E-state index is 13.4. The summed E-state index contributed by atoms with van der Waals surface area (Å²) >= 11 is 0. The van der Waals surface area contributed by atoms with Crippen LogP contribution in [0.4, 0.5) is 0 Å². The molecule has 0 bridgehead atoms. The molecule has 34 heavy (non-hydrogen) atoms. The fraction of sp³-hybridized carbons (Fsp3) is 0.357. The molecule has 1 aromatic heterocycles. The van der Waals surface area contributed by atoms with Crippen LogP contribution in [0.25, 0.3) is 0 Å². The summed E-state index contributed by atoms with van der Waals surface area (Å²) in [6.45, 7) is 9.09. The first kappa shape index (κ1) is 23.6. The Morgan fingerprint density at radius 3 is 2.65 bits per heavy atom. The van der Waals surface area contributed by atoms with Crippen LogP contribution < -0.4 is 10.1 Å². The number of ether oxygens (including phenoxy) is 1. The molecule has 0 saturated carbocycles. The van der Waals surface area contributed by atoms with E-state index in [0.29, 0.717) is 30.5 Å². The van der Waals surface area contributed by atoms with Crippen LogP contribution in [0.5, 0.6) is 5.75 Å². The molecule has 0 fully saturated rings. The summed E-state index contributed by atoms with van der Waals surface area (Å²) in [5.74, 6) is 1.01. The van der Waals surface area contributed by atoms with E-state index < -0.39 is 6.10 Å². The van der Waals surface area contributed by atoms with Crippen LogP contribution in [0.3, 0.4) is 0 Å². The number of carbonyl (C=O) groups excluding carboxylic acids is 2. The van der Waals surface area contributed by atoms with E-state index in [1.54, 1.807) is 19.1 Å². The van der Waals surface area contributed by atoms with E-state index in [0.717, 1.165) is 23.1 Å². The minimum absolute atomic E-state index is 0.142. The van der Waals surface area contributed by atoms with E-state index in [2.05, 4.69) is 25.2 Å². The summed E-state index contributed by atoms with van der Waals surface area (Å²) in [6.07, 6.45) is 1.62. The summed E-state index contributed by atoms with van der Waals surface area (Å²) in [5.41, 5.74) is 4.32. The molecule has 1 aliphatic rings. The fourth-order valence-electron chi connectivity index (χ4n) is 4.33. The lowest BCUT2D eigenvalue weighted by Gasteiger charge is -2.37. The molecule has 0 spiro atoms. The second-order valence-electron chi connectivity index (χ2n) is 9.30. The molecule has 6 nitrogen and oxygen atoms in total. The number of rotatable bonds is 7. The van der Waals surface area contributed by atoms with Crippen molar-refractivity contribution in [3.8, 4) is 5.75 Å². The highest BCUT2D eigenvalue weighted by atomic mass is 16.5. The van der Waals surface area contributed by atoms with Crippen LogP contribution in [0.15, 0.2) is 65.3 Å². The van der Waals surface area contributed by atoms with Gasteiger partial charge in [0.1, 0.15) is 5.75 Å². The molecule has 1 aliphatic heterocycles. The highest BCUT2D eigenvalue weighted by Gasteiger charge is 2.34. The molecule has 6 heteroatoms. The van der Waals surface area contributed by atoms with Gasteiger partial charge in [0.15, 0.2) is 11.9 Å². The molecule has 178 valence electrons. The third-order valence-electron chi connectivity index (χ3n) is 6.06. The Kier molecular flexibility index (Phi) is 7.06. The van der Waals surface area contributed by atoms with E-state index >= 15 is 0 Å². The molecule has 2 amide bonds. The number of benzene rings is 2. The number of hydrogen-bond acceptors (Lipinski definition) is 4. The number of amides is 2. The van der Waals surface area contributed by atoms with E-state index in [1.165, 1.54) is 11.8 Å². The van der Waals surface area contributed by atoms with Gasteiger partial charge in [-0.25, -0.2) is 0 Å². The average molecular weight is 461 g/mol. The molecule has 0 unspecified atom stereocenters. The first-order chi connectivity index (χ1) is 16.3. The van der Waals surface area contributed by atoms with Gasteiger partial charge in [-0.1, -0.05) is 49.7 Å². The van der Waals surface area contributed by atoms with Crippen molar-refractivity contribution < 1.29 is 18.7 Å². The van der Waals surface area contributed by atoms with Crippen molar-refractivity contribution in [2.24, 2.45) is 5.92 Å². The fourth-order valence-corrected chi connectivity index (χ4v) is 4.33. The SMILES string of the molecule is Cc1cccc([C@@H]2c3cc(O[C@H](C)C(=O)NCC(C)C)ccc3CCN2C(=O)c2ccco2)c1. The van der Waals surface area contributed by atoms with Crippen LogP contribution in [0, 0.1) is 12.8 Å². The molecular weight excluding hydrogens is 428 g/mol. The number of carbonyl (C=O) groups is 2. The maximum atomic E-state index is 13.4. The zero-order valence-corrected chi connectivity index (χ0v) is 20.2. The van der Waals surface area contributed by atoms with E-state index in [4.69, 9.17) is 9.15 Å². The average Bonchev–Trinajstić information content (AvgIpc) is 3.36. The first-order valence-electron chi connectivity index (χ1n) is 11.8. The maximum Gasteiger partial charge on any atom is 0.290 e. The summed E-state index contributed by atoms with van der Waals surface area (Å²) in [4.78, 5) is 27.7. The van der Waals surface area contributed by atoms with Gasteiger partial charge in [0.05, 0.1) is 12.3 Å². The highest BCUT2D eigenvalue weighted by Crippen LogP contribution is 2.38. The van der Waals surface area contributed by atoms with Gasteiger partial charge in [-0.3, -0.25) is 9.59 Å². The van der Waals surface area contributed by atoms with Gasteiger partial charge in [0, 0.05) is 13.1 Å².